The van der Waals surface area contributed by atoms with Gasteiger partial charge in [0.05, 0.1) is 0 Å². The van der Waals surface area contributed by atoms with Gasteiger partial charge in [0.15, 0.2) is 0 Å². The first-order chi connectivity index (χ1) is 15.7. The van der Waals surface area contributed by atoms with Crippen LogP contribution in [0.3, 0.4) is 0 Å². The molecule has 4 nitrogen and oxygen atoms in total. The molecule has 0 aromatic heterocycles. The summed E-state index contributed by atoms with van der Waals surface area (Å²) in [6, 6.07) is 11.9. The van der Waals surface area contributed by atoms with Crippen LogP contribution in [0.25, 0.3) is 0 Å². The molecule has 1 heterocycles. The number of nitrogens with zero attached hydrogens (tertiary/aromatic N) is 1. The number of benzene rings is 3. The van der Waals surface area contributed by atoms with Crippen molar-refractivity contribution in [2.75, 3.05) is 6.54 Å². The number of hydrogen-bond acceptors (Lipinski definition) is 3. The molecule has 0 bridgehead atoms. The second-order valence-corrected chi connectivity index (χ2v) is 9.69. The third-order valence-electron chi connectivity index (χ3n) is 5.74. The fraction of sp³-hybridized carbons (Fsp3) is 0.208. The molecule has 33 heavy (non-hydrogen) atoms. The Labute approximate surface area is 188 Å². The lowest BCUT2D eigenvalue weighted by Crippen LogP contribution is -2.49. The fourth-order valence-corrected chi connectivity index (χ4v) is 5.89. The Morgan fingerprint density at radius 2 is 1.30 bits per heavy atom. The summed E-state index contributed by atoms with van der Waals surface area (Å²) >= 11 is 0. The number of halogens is 4. The maximum absolute atomic E-state index is 14.4. The minimum atomic E-state index is -4.47. The summed E-state index contributed by atoms with van der Waals surface area (Å²) in [5.41, 5.74) is 1.00. The molecular weight excluding hydrogens is 458 g/mol. The van der Waals surface area contributed by atoms with Gasteiger partial charge in [-0.1, -0.05) is 24.3 Å². The van der Waals surface area contributed by atoms with Crippen LogP contribution in [-0.4, -0.2) is 31.1 Å². The Morgan fingerprint density at radius 1 is 0.788 bits per heavy atom. The number of hydrogen-bond donors (Lipinski definition) is 0. The Hall–Kier alpha value is -3.04. The average molecular weight is 477 g/mol. The zero-order valence-corrected chi connectivity index (χ0v) is 18.0. The van der Waals surface area contributed by atoms with Gasteiger partial charge >= 0.3 is 0 Å². The zero-order chi connectivity index (χ0) is 23.8. The van der Waals surface area contributed by atoms with Gasteiger partial charge in [-0.05, 0) is 47.5 Å². The summed E-state index contributed by atoms with van der Waals surface area (Å²) in [6.07, 6.45) is -0.250. The van der Waals surface area contributed by atoms with E-state index in [1.807, 2.05) is 0 Å². The number of carbonyl (C=O) groups excluding carboxylic acids is 1. The number of piperidine rings is 1. The first kappa shape index (κ1) is 23.1. The molecule has 0 N–H and O–H groups in total. The van der Waals surface area contributed by atoms with Crippen LogP contribution in [0.15, 0.2) is 71.6 Å². The standard InChI is InChI=1S/C24H19F4NO3S/c25-17-5-1-15(2-6-17)24(16-3-7-18(26)8-4-16)22-14-20(30)11-12-29(22)33(31,32)23-10-9-19(27)13-21(23)28/h1-10,13,22,24H,11-12,14H2. The Morgan fingerprint density at radius 3 is 1.82 bits per heavy atom. The van der Waals surface area contributed by atoms with Crippen LogP contribution in [-0.2, 0) is 14.8 Å². The van der Waals surface area contributed by atoms with Gasteiger partial charge in [-0.2, -0.15) is 4.31 Å². The van der Waals surface area contributed by atoms with Crippen LogP contribution in [0.2, 0.25) is 0 Å². The van der Waals surface area contributed by atoms with Gasteiger partial charge in [-0.3, -0.25) is 4.79 Å². The largest absolute Gasteiger partial charge is 0.300 e. The molecule has 0 aliphatic carbocycles. The number of ketones is 1. The van der Waals surface area contributed by atoms with Gasteiger partial charge in [-0.15, -0.1) is 0 Å². The molecule has 0 spiro atoms. The van der Waals surface area contributed by atoms with E-state index in [0.717, 1.165) is 16.4 Å². The van der Waals surface area contributed by atoms with E-state index in [1.54, 1.807) is 0 Å². The van der Waals surface area contributed by atoms with E-state index in [2.05, 4.69) is 0 Å². The van der Waals surface area contributed by atoms with Crippen LogP contribution in [0, 0.1) is 23.3 Å². The summed E-state index contributed by atoms with van der Waals surface area (Å²) in [5.74, 6) is -4.14. The number of carbonyl (C=O) groups is 1. The SMILES string of the molecule is O=C1CCN(S(=O)(=O)c2ccc(F)cc2F)C(C(c2ccc(F)cc2)c2ccc(F)cc2)C1. The minimum absolute atomic E-state index is 0.0713. The molecule has 1 aliphatic heterocycles. The molecule has 0 radical (unpaired) electrons. The quantitative estimate of drug-likeness (QED) is 0.497. The van der Waals surface area contributed by atoms with Crippen LogP contribution < -0.4 is 0 Å². The Kier molecular flexibility index (Phi) is 6.36. The molecule has 3 aromatic carbocycles. The minimum Gasteiger partial charge on any atom is -0.300 e. The Bertz CT molecular complexity index is 1230. The fourth-order valence-electron chi connectivity index (χ4n) is 4.21. The molecule has 1 aliphatic rings. The van der Waals surface area contributed by atoms with Crippen molar-refractivity contribution in [2.45, 2.75) is 29.7 Å². The van der Waals surface area contributed by atoms with Gasteiger partial charge in [0.1, 0.15) is 33.9 Å². The van der Waals surface area contributed by atoms with Crippen molar-refractivity contribution in [3.8, 4) is 0 Å². The highest BCUT2D eigenvalue weighted by atomic mass is 32.2. The average Bonchev–Trinajstić information content (AvgIpc) is 2.76. The third kappa shape index (κ3) is 4.69. The Balaban J connectivity index is 1.86. The summed E-state index contributed by atoms with van der Waals surface area (Å²) < 4.78 is 82.9. The molecule has 1 fully saturated rings. The molecule has 0 saturated carbocycles. The predicted molar refractivity (Wildman–Crippen MR) is 113 cm³/mol. The van der Waals surface area contributed by atoms with Crippen LogP contribution in [0.5, 0.6) is 0 Å². The van der Waals surface area contributed by atoms with Crippen LogP contribution >= 0.6 is 0 Å². The summed E-state index contributed by atoms with van der Waals surface area (Å²) in [7, 11) is -4.47. The smallest absolute Gasteiger partial charge is 0.246 e. The maximum atomic E-state index is 14.4. The van der Waals surface area contributed by atoms with Crippen molar-refractivity contribution in [1.29, 1.82) is 0 Å². The van der Waals surface area contributed by atoms with Gasteiger partial charge in [0.2, 0.25) is 10.0 Å². The highest BCUT2D eigenvalue weighted by Crippen LogP contribution is 2.38. The molecular formula is C24H19F4NO3S. The van der Waals surface area contributed by atoms with Crippen molar-refractivity contribution < 1.29 is 30.8 Å². The van der Waals surface area contributed by atoms with E-state index in [1.165, 1.54) is 48.5 Å². The highest BCUT2D eigenvalue weighted by molar-refractivity contribution is 7.89. The molecule has 9 heteroatoms. The van der Waals surface area contributed by atoms with E-state index >= 15 is 0 Å². The first-order valence-electron chi connectivity index (χ1n) is 10.2. The first-order valence-corrected chi connectivity index (χ1v) is 11.6. The van der Waals surface area contributed by atoms with Gasteiger partial charge in [0.25, 0.3) is 0 Å². The molecule has 1 unspecified atom stereocenters. The third-order valence-corrected chi connectivity index (χ3v) is 7.70. The van der Waals surface area contributed by atoms with E-state index in [0.29, 0.717) is 17.2 Å². The van der Waals surface area contributed by atoms with Crippen molar-refractivity contribution in [3.05, 3.63) is 101 Å². The second-order valence-electron chi connectivity index (χ2n) is 7.83. The van der Waals surface area contributed by atoms with Crippen molar-refractivity contribution in [2.24, 2.45) is 0 Å². The van der Waals surface area contributed by atoms with Gasteiger partial charge < -0.3 is 0 Å². The topological polar surface area (TPSA) is 54.5 Å². The lowest BCUT2D eigenvalue weighted by atomic mass is 9.81. The van der Waals surface area contributed by atoms with Crippen LogP contribution in [0.1, 0.15) is 29.9 Å². The lowest BCUT2D eigenvalue weighted by molar-refractivity contribution is -0.122. The molecule has 1 atom stereocenters. The van der Waals surface area contributed by atoms with Gasteiger partial charge in [0, 0.05) is 37.4 Å². The molecule has 1 saturated heterocycles. The predicted octanol–water partition coefficient (Wildman–Crippen LogP) is 4.80. The molecule has 3 aromatic rings. The molecule has 4 rings (SSSR count). The lowest BCUT2D eigenvalue weighted by Gasteiger charge is -2.39. The molecule has 0 amide bonds. The number of Topliss-reactive ketones (excluding diaryl/α,β-unsaturated/α-hetero) is 1. The van der Waals surface area contributed by atoms with E-state index in [4.69, 9.17) is 0 Å². The summed E-state index contributed by atoms with van der Waals surface area (Å²) in [5, 5.41) is 0. The monoisotopic (exact) mass is 477 g/mol. The number of rotatable bonds is 5. The van der Waals surface area contributed by atoms with E-state index < -0.39 is 50.1 Å². The summed E-state index contributed by atoms with van der Waals surface area (Å²) in [6.45, 7) is -0.207. The second kappa shape index (κ2) is 9.07. The van der Waals surface area contributed by atoms with Gasteiger partial charge in [-0.25, -0.2) is 26.0 Å². The summed E-state index contributed by atoms with van der Waals surface area (Å²) in [4.78, 5) is 11.7. The van der Waals surface area contributed by atoms with Crippen LogP contribution in [0.4, 0.5) is 17.6 Å². The number of sulfonamides is 1. The normalized spacial score (nSPS) is 17.5. The highest BCUT2D eigenvalue weighted by Gasteiger charge is 2.42. The maximum Gasteiger partial charge on any atom is 0.246 e. The van der Waals surface area contributed by atoms with E-state index in [-0.39, 0.29) is 25.2 Å². The molecule has 172 valence electrons. The van der Waals surface area contributed by atoms with Crippen molar-refractivity contribution in [1.82, 2.24) is 4.31 Å². The van der Waals surface area contributed by atoms with Crippen molar-refractivity contribution in [3.63, 3.8) is 0 Å². The van der Waals surface area contributed by atoms with E-state index in [9.17, 15) is 30.8 Å². The van der Waals surface area contributed by atoms with Crippen molar-refractivity contribution >= 4 is 15.8 Å². The zero-order valence-electron chi connectivity index (χ0n) is 17.2.